The van der Waals surface area contributed by atoms with Crippen LogP contribution in [0, 0.1) is 0 Å². The van der Waals surface area contributed by atoms with Crippen LogP contribution in [-0.2, 0) is 9.47 Å². The lowest BCUT2D eigenvalue weighted by Gasteiger charge is -2.08. The van der Waals surface area contributed by atoms with E-state index in [9.17, 15) is 14.4 Å². The summed E-state index contributed by atoms with van der Waals surface area (Å²) < 4.78 is 20.5. The van der Waals surface area contributed by atoms with Crippen molar-refractivity contribution in [3.05, 3.63) is 74.6 Å². The van der Waals surface area contributed by atoms with Gasteiger partial charge in [-0.1, -0.05) is 15.9 Å². The smallest absolute Gasteiger partial charge is 0.338 e. The van der Waals surface area contributed by atoms with Gasteiger partial charge in [0.15, 0.2) is 5.43 Å². The van der Waals surface area contributed by atoms with E-state index in [1.807, 2.05) is 6.07 Å². The van der Waals surface area contributed by atoms with Gasteiger partial charge in [0, 0.05) is 28.3 Å². The predicted octanol–water partition coefficient (Wildman–Crippen LogP) is 4.12. The third-order valence-electron chi connectivity index (χ3n) is 4.87. The van der Waals surface area contributed by atoms with Crippen LogP contribution < -0.4 is 14.9 Å². The molecular weight excluding hydrogens is 508 g/mol. The number of aromatic amines is 1. The number of H-pyrrole nitrogens is 1. The molecular formula is C24H21BrN2O7. The first-order valence-corrected chi connectivity index (χ1v) is 10.6. The zero-order valence-electron chi connectivity index (χ0n) is 18.8. The molecule has 2 heterocycles. The number of nitrogens with zero attached hydrogens (tertiary/aromatic N) is 1. The molecule has 0 saturated carbocycles. The fourth-order valence-electron chi connectivity index (χ4n) is 3.23. The van der Waals surface area contributed by atoms with Gasteiger partial charge >= 0.3 is 11.9 Å². The largest absolute Gasteiger partial charge is 0.495 e. The highest BCUT2D eigenvalue weighted by Gasteiger charge is 2.14. The number of ether oxygens (including phenoxy) is 4. The Morgan fingerprint density at radius 1 is 0.853 bits per heavy atom. The van der Waals surface area contributed by atoms with E-state index in [-0.39, 0.29) is 11.0 Å². The monoisotopic (exact) mass is 528 g/mol. The Morgan fingerprint density at radius 2 is 1.44 bits per heavy atom. The third kappa shape index (κ3) is 5.01. The van der Waals surface area contributed by atoms with Crippen molar-refractivity contribution in [2.24, 2.45) is 0 Å². The Morgan fingerprint density at radius 3 is 2.03 bits per heavy atom. The van der Waals surface area contributed by atoms with Gasteiger partial charge in [-0.3, -0.25) is 9.78 Å². The molecule has 34 heavy (non-hydrogen) atoms. The van der Waals surface area contributed by atoms with E-state index in [0.717, 1.165) is 9.86 Å². The summed E-state index contributed by atoms with van der Waals surface area (Å²) in [6.07, 6.45) is 3.21. The van der Waals surface area contributed by atoms with Crippen molar-refractivity contribution in [2.45, 2.75) is 0 Å². The molecule has 4 rings (SSSR count). The van der Waals surface area contributed by atoms with Crippen LogP contribution >= 0.6 is 15.9 Å². The number of esters is 2. The van der Waals surface area contributed by atoms with Gasteiger partial charge in [0.2, 0.25) is 0 Å². The molecule has 0 spiro atoms. The van der Waals surface area contributed by atoms with Gasteiger partial charge in [0.05, 0.1) is 50.5 Å². The van der Waals surface area contributed by atoms with Crippen LogP contribution in [0.2, 0.25) is 0 Å². The third-order valence-corrected chi connectivity index (χ3v) is 5.56. The first-order chi connectivity index (χ1) is 16.3. The summed E-state index contributed by atoms with van der Waals surface area (Å²) in [4.78, 5) is 41.8. The number of carbonyl (C=O) groups excluding carboxylic acids is 2. The molecule has 0 amide bonds. The maximum absolute atomic E-state index is 11.7. The zero-order chi connectivity index (χ0) is 24.8. The highest BCUT2D eigenvalue weighted by Crippen LogP contribution is 2.30. The normalized spacial score (nSPS) is 10.3. The van der Waals surface area contributed by atoms with Crippen LogP contribution in [0.1, 0.15) is 20.7 Å². The summed E-state index contributed by atoms with van der Waals surface area (Å²) in [6.45, 7) is 0. The highest BCUT2D eigenvalue weighted by molar-refractivity contribution is 9.10. The van der Waals surface area contributed by atoms with Gasteiger partial charge in [-0.25, -0.2) is 9.59 Å². The molecule has 176 valence electrons. The Balaban J connectivity index is 0.000000191. The lowest BCUT2D eigenvalue weighted by Crippen LogP contribution is -2.06. The minimum atomic E-state index is -0.506. The molecule has 1 N–H and O–H groups in total. The van der Waals surface area contributed by atoms with Crippen LogP contribution in [-0.4, -0.2) is 50.3 Å². The second-order valence-electron chi connectivity index (χ2n) is 6.79. The average molecular weight is 529 g/mol. The zero-order valence-corrected chi connectivity index (χ0v) is 20.4. The quantitative estimate of drug-likeness (QED) is 0.393. The molecule has 10 heteroatoms. The van der Waals surface area contributed by atoms with E-state index in [2.05, 4.69) is 30.6 Å². The molecule has 0 bridgehead atoms. The summed E-state index contributed by atoms with van der Waals surface area (Å²) in [6, 6.07) is 9.56. The fourth-order valence-corrected chi connectivity index (χ4v) is 3.65. The van der Waals surface area contributed by atoms with Crippen molar-refractivity contribution in [1.82, 2.24) is 9.97 Å². The van der Waals surface area contributed by atoms with Crippen molar-refractivity contribution < 1.29 is 28.5 Å². The Kier molecular flexibility index (Phi) is 7.85. The Hall–Kier alpha value is -3.92. The molecule has 0 unspecified atom stereocenters. The summed E-state index contributed by atoms with van der Waals surface area (Å²) >= 11 is 3.42. The van der Waals surface area contributed by atoms with Crippen molar-refractivity contribution >= 4 is 49.7 Å². The molecule has 0 radical (unpaired) electrons. The number of hydrogen-bond donors (Lipinski definition) is 1. The van der Waals surface area contributed by atoms with Gasteiger partial charge in [-0.05, 0) is 30.3 Å². The average Bonchev–Trinajstić information content (AvgIpc) is 2.87. The lowest BCUT2D eigenvalue weighted by atomic mass is 10.1. The van der Waals surface area contributed by atoms with Gasteiger partial charge in [0.1, 0.15) is 17.0 Å². The number of aromatic nitrogens is 2. The van der Waals surface area contributed by atoms with Gasteiger partial charge in [-0.15, -0.1) is 0 Å². The summed E-state index contributed by atoms with van der Waals surface area (Å²) in [5.41, 5.74) is 1.81. The number of carbonyl (C=O) groups is 2. The Bertz CT molecular complexity index is 1430. The van der Waals surface area contributed by atoms with Crippen molar-refractivity contribution in [3.63, 3.8) is 0 Å². The number of methoxy groups -OCH3 is 4. The minimum absolute atomic E-state index is 0.178. The molecule has 0 aliphatic heterocycles. The number of rotatable bonds is 4. The number of benzene rings is 2. The predicted molar refractivity (Wildman–Crippen MR) is 130 cm³/mol. The number of hydrogen-bond acceptors (Lipinski definition) is 8. The second-order valence-corrected chi connectivity index (χ2v) is 7.65. The highest BCUT2D eigenvalue weighted by atomic mass is 79.9. The summed E-state index contributed by atoms with van der Waals surface area (Å²) in [5, 5.41) is 1.21. The van der Waals surface area contributed by atoms with Crippen LogP contribution in [0.25, 0.3) is 21.8 Å². The van der Waals surface area contributed by atoms with Gasteiger partial charge < -0.3 is 23.9 Å². The SMILES string of the molecule is COC(=O)c1cc(OC)c2[nH]ccc(=O)c2c1.COC(=O)c1cc(OC)c2nccc(Br)c2c1. The number of halogens is 1. The standard InChI is InChI=1S/C12H10BrNO3.C12H11NO4/c1-16-10-6-7(12(15)17-2)5-8-9(13)3-4-14-11(8)10;1-16-10-6-7(12(15)17-2)5-8-9(14)3-4-13-11(8)10/h3-6H,1-2H3;3-6H,1-2H3,(H,13,14). The lowest BCUT2D eigenvalue weighted by molar-refractivity contribution is 0.0591. The molecule has 4 aromatic rings. The number of fused-ring (bicyclic) bond motifs is 2. The summed E-state index contributed by atoms with van der Waals surface area (Å²) in [7, 11) is 5.64. The van der Waals surface area contributed by atoms with Crippen molar-refractivity contribution in [2.75, 3.05) is 28.4 Å². The molecule has 0 aliphatic rings. The maximum Gasteiger partial charge on any atom is 0.338 e. The topological polar surface area (TPSA) is 117 Å². The molecule has 0 atom stereocenters. The van der Waals surface area contributed by atoms with Crippen LogP contribution in [0.4, 0.5) is 0 Å². The molecule has 2 aromatic carbocycles. The molecule has 2 aromatic heterocycles. The summed E-state index contributed by atoms with van der Waals surface area (Å²) in [5.74, 6) is 0.0687. The molecule has 0 saturated heterocycles. The molecule has 0 fully saturated rings. The van der Waals surface area contributed by atoms with E-state index < -0.39 is 11.9 Å². The van der Waals surface area contributed by atoms with Crippen LogP contribution in [0.3, 0.4) is 0 Å². The molecule has 9 nitrogen and oxygen atoms in total. The van der Waals surface area contributed by atoms with E-state index in [4.69, 9.17) is 14.2 Å². The number of nitrogens with one attached hydrogen (secondary N) is 1. The van der Waals surface area contributed by atoms with Crippen molar-refractivity contribution in [3.8, 4) is 11.5 Å². The van der Waals surface area contributed by atoms with Gasteiger partial charge in [-0.2, -0.15) is 0 Å². The minimum Gasteiger partial charge on any atom is -0.495 e. The van der Waals surface area contributed by atoms with Crippen LogP contribution in [0.5, 0.6) is 11.5 Å². The first-order valence-electron chi connectivity index (χ1n) is 9.82. The maximum atomic E-state index is 11.7. The van der Waals surface area contributed by atoms with Gasteiger partial charge in [0.25, 0.3) is 0 Å². The Labute approximate surface area is 202 Å². The van der Waals surface area contributed by atoms with E-state index >= 15 is 0 Å². The fraction of sp³-hybridized carbons (Fsp3) is 0.167. The van der Waals surface area contributed by atoms with E-state index in [0.29, 0.717) is 33.5 Å². The number of pyridine rings is 2. The van der Waals surface area contributed by atoms with Crippen LogP contribution in [0.15, 0.2) is 58.1 Å². The second kappa shape index (κ2) is 10.8. The molecule has 0 aliphatic carbocycles. The van der Waals surface area contributed by atoms with E-state index in [1.165, 1.54) is 45.7 Å². The van der Waals surface area contributed by atoms with E-state index in [1.54, 1.807) is 25.4 Å². The van der Waals surface area contributed by atoms with Crippen molar-refractivity contribution in [1.29, 1.82) is 0 Å². The first kappa shape index (κ1) is 24.7.